The smallest absolute Gasteiger partial charge is 0.201 e. The van der Waals surface area contributed by atoms with Crippen LogP contribution in [0.2, 0.25) is 0 Å². The third kappa shape index (κ3) is 2.93. The van der Waals surface area contributed by atoms with Gasteiger partial charge in [0, 0.05) is 6.42 Å². The Morgan fingerprint density at radius 1 is 1.26 bits per heavy atom. The van der Waals surface area contributed by atoms with Crippen LogP contribution in [0, 0.1) is 11.6 Å². The Balaban J connectivity index is 2.20. The van der Waals surface area contributed by atoms with Crippen molar-refractivity contribution in [2.75, 3.05) is 0 Å². The molecule has 0 atom stereocenters. The highest BCUT2D eigenvalue weighted by molar-refractivity contribution is 5.93. The Hall–Kier alpha value is -2.30. The van der Waals surface area contributed by atoms with Gasteiger partial charge in [0.05, 0.1) is 6.20 Å². The van der Waals surface area contributed by atoms with Crippen LogP contribution in [0.5, 0.6) is 11.5 Å². The van der Waals surface area contributed by atoms with E-state index in [0.717, 1.165) is 6.07 Å². The minimum absolute atomic E-state index is 0.0940. The van der Waals surface area contributed by atoms with E-state index in [1.54, 1.807) is 6.92 Å². The molecule has 2 rings (SSSR count). The van der Waals surface area contributed by atoms with Crippen LogP contribution in [0.4, 0.5) is 8.78 Å². The molecule has 1 heterocycles. The molecule has 0 saturated carbocycles. The number of pyridine rings is 1. The molecule has 1 aromatic carbocycles. The summed E-state index contributed by atoms with van der Waals surface area (Å²) in [6.45, 7) is 1.73. The minimum atomic E-state index is -1.06. The van der Waals surface area contributed by atoms with Gasteiger partial charge < -0.3 is 4.74 Å². The maximum Gasteiger partial charge on any atom is 0.201 e. The average Bonchev–Trinajstić information content (AvgIpc) is 2.44. The number of halogens is 2. The number of rotatable bonds is 4. The molecule has 0 radical (unpaired) electrons. The van der Waals surface area contributed by atoms with Gasteiger partial charge in [0.15, 0.2) is 17.3 Å². The maximum absolute atomic E-state index is 13.4. The molecule has 5 heteroatoms. The van der Waals surface area contributed by atoms with Crippen LogP contribution in [0.25, 0.3) is 0 Å². The van der Waals surface area contributed by atoms with E-state index < -0.39 is 11.6 Å². The molecule has 2 aromatic rings. The highest BCUT2D eigenvalue weighted by Crippen LogP contribution is 2.25. The quantitative estimate of drug-likeness (QED) is 0.789. The first-order valence-electron chi connectivity index (χ1n) is 5.73. The van der Waals surface area contributed by atoms with Gasteiger partial charge in [-0.2, -0.15) is 4.39 Å². The van der Waals surface area contributed by atoms with E-state index in [4.69, 9.17) is 4.74 Å². The van der Waals surface area contributed by atoms with Gasteiger partial charge in [-0.3, -0.25) is 4.79 Å². The summed E-state index contributed by atoms with van der Waals surface area (Å²) in [7, 11) is 0. The van der Waals surface area contributed by atoms with E-state index in [9.17, 15) is 13.6 Å². The molecule has 0 aliphatic heterocycles. The molecule has 0 saturated heterocycles. The van der Waals surface area contributed by atoms with Gasteiger partial charge in [0.2, 0.25) is 5.82 Å². The standard InChI is InChI=1S/C14H11F2NO2/c1-2-12(18)11-7-6-9(8-17-11)19-13-5-3-4-10(15)14(13)16/h3-8H,2H2,1H3. The lowest BCUT2D eigenvalue weighted by molar-refractivity contribution is 0.0983. The van der Waals surface area contributed by atoms with Crippen LogP contribution in [0.1, 0.15) is 23.8 Å². The number of ketones is 1. The third-order valence-corrected chi connectivity index (χ3v) is 2.49. The van der Waals surface area contributed by atoms with Crippen molar-refractivity contribution in [3.8, 4) is 11.5 Å². The lowest BCUT2D eigenvalue weighted by Gasteiger charge is -2.07. The Labute approximate surface area is 108 Å². The van der Waals surface area contributed by atoms with E-state index >= 15 is 0 Å². The lowest BCUT2D eigenvalue weighted by Crippen LogP contribution is -2.00. The summed E-state index contributed by atoms with van der Waals surface area (Å²) >= 11 is 0. The van der Waals surface area contributed by atoms with Crippen molar-refractivity contribution in [2.24, 2.45) is 0 Å². The molecule has 0 unspecified atom stereocenters. The Morgan fingerprint density at radius 2 is 2.05 bits per heavy atom. The number of Topliss-reactive ketones (excluding diaryl/α,β-unsaturated/α-hetero) is 1. The molecule has 0 N–H and O–H groups in total. The zero-order chi connectivity index (χ0) is 13.8. The maximum atomic E-state index is 13.4. The highest BCUT2D eigenvalue weighted by atomic mass is 19.2. The largest absolute Gasteiger partial charge is 0.453 e. The van der Waals surface area contributed by atoms with Gasteiger partial charge in [-0.15, -0.1) is 0 Å². The second-order valence-electron chi connectivity index (χ2n) is 3.81. The highest BCUT2D eigenvalue weighted by Gasteiger charge is 2.10. The Bertz CT molecular complexity index is 597. The van der Waals surface area contributed by atoms with E-state index in [1.165, 1.54) is 30.5 Å². The van der Waals surface area contributed by atoms with Crippen molar-refractivity contribution in [1.82, 2.24) is 4.98 Å². The van der Waals surface area contributed by atoms with Gasteiger partial charge in [-0.25, -0.2) is 9.37 Å². The van der Waals surface area contributed by atoms with Gasteiger partial charge in [0.1, 0.15) is 11.4 Å². The summed E-state index contributed by atoms with van der Waals surface area (Å²) in [5.41, 5.74) is 0.314. The van der Waals surface area contributed by atoms with Crippen LogP contribution < -0.4 is 4.74 Å². The summed E-state index contributed by atoms with van der Waals surface area (Å²) in [5.74, 6) is -2.13. The molecule has 3 nitrogen and oxygen atoms in total. The van der Waals surface area contributed by atoms with Crippen LogP contribution in [-0.2, 0) is 0 Å². The number of hydrogen-bond donors (Lipinski definition) is 0. The van der Waals surface area contributed by atoms with Crippen LogP contribution in [-0.4, -0.2) is 10.8 Å². The Morgan fingerprint density at radius 3 is 2.68 bits per heavy atom. The molecular formula is C14H11F2NO2. The monoisotopic (exact) mass is 263 g/mol. The third-order valence-electron chi connectivity index (χ3n) is 2.49. The van der Waals surface area contributed by atoms with E-state index in [0.29, 0.717) is 12.1 Å². The van der Waals surface area contributed by atoms with Gasteiger partial charge >= 0.3 is 0 Å². The summed E-state index contributed by atoms with van der Waals surface area (Å²) < 4.78 is 31.5. The molecule has 0 aliphatic rings. The van der Waals surface area contributed by atoms with Gasteiger partial charge in [0.25, 0.3) is 0 Å². The second-order valence-corrected chi connectivity index (χ2v) is 3.81. The van der Waals surface area contributed by atoms with E-state index in [-0.39, 0.29) is 17.3 Å². The van der Waals surface area contributed by atoms with Crippen molar-refractivity contribution in [3.05, 3.63) is 53.9 Å². The number of ether oxygens (including phenoxy) is 1. The fourth-order valence-corrected chi connectivity index (χ4v) is 1.48. The molecule has 0 amide bonds. The predicted octanol–water partition coefficient (Wildman–Crippen LogP) is 3.74. The molecule has 1 aromatic heterocycles. The molecular weight excluding hydrogens is 252 g/mol. The number of hydrogen-bond acceptors (Lipinski definition) is 3. The first kappa shape index (κ1) is 13.1. The molecule has 0 fully saturated rings. The topological polar surface area (TPSA) is 39.2 Å². The Kier molecular flexibility index (Phi) is 3.85. The first-order valence-corrected chi connectivity index (χ1v) is 5.73. The molecule has 98 valence electrons. The van der Waals surface area contributed by atoms with Crippen LogP contribution >= 0.6 is 0 Å². The van der Waals surface area contributed by atoms with Crippen molar-refractivity contribution in [2.45, 2.75) is 13.3 Å². The summed E-state index contributed by atoms with van der Waals surface area (Å²) in [6, 6.07) is 6.63. The number of carbonyl (C=O) groups excluding carboxylic acids is 1. The van der Waals surface area contributed by atoms with Crippen LogP contribution in [0.3, 0.4) is 0 Å². The van der Waals surface area contributed by atoms with Crippen molar-refractivity contribution in [1.29, 1.82) is 0 Å². The van der Waals surface area contributed by atoms with Crippen molar-refractivity contribution < 1.29 is 18.3 Å². The van der Waals surface area contributed by atoms with E-state index in [1.807, 2.05) is 0 Å². The predicted molar refractivity (Wildman–Crippen MR) is 65.3 cm³/mol. The zero-order valence-corrected chi connectivity index (χ0v) is 10.2. The zero-order valence-electron chi connectivity index (χ0n) is 10.2. The van der Waals surface area contributed by atoms with Crippen LogP contribution in [0.15, 0.2) is 36.5 Å². The summed E-state index contributed by atoms with van der Waals surface area (Å²) in [6.07, 6.45) is 1.65. The second kappa shape index (κ2) is 5.56. The van der Waals surface area contributed by atoms with Crippen molar-refractivity contribution in [3.63, 3.8) is 0 Å². The fourth-order valence-electron chi connectivity index (χ4n) is 1.48. The van der Waals surface area contributed by atoms with E-state index in [2.05, 4.69) is 4.98 Å². The average molecular weight is 263 g/mol. The van der Waals surface area contributed by atoms with Crippen molar-refractivity contribution >= 4 is 5.78 Å². The fraction of sp³-hybridized carbons (Fsp3) is 0.143. The van der Waals surface area contributed by atoms with Gasteiger partial charge in [-0.05, 0) is 24.3 Å². The number of aromatic nitrogens is 1. The molecule has 0 aliphatic carbocycles. The normalized spacial score (nSPS) is 10.3. The molecule has 19 heavy (non-hydrogen) atoms. The first-order chi connectivity index (χ1) is 9.11. The number of carbonyl (C=O) groups is 1. The number of benzene rings is 1. The summed E-state index contributed by atoms with van der Waals surface area (Å²) in [5, 5.41) is 0. The SMILES string of the molecule is CCC(=O)c1ccc(Oc2cccc(F)c2F)cn1. The minimum Gasteiger partial charge on any atom is -0.453 e. The molecule has 0 spiro atoms. The van der Waals surface area contributed by atoms with Gasteiger partial charge in [-0.1, -0.05) is 13.0 Å². The number of nitrogens with zero attached hydrogens (tertiary/aromatic N) is 1. The molecule has 0 bridgehead atoms. The summed E-state index contributed by atoms with van der Waals surface area (Å²) in [4.78, 5) is 15.3. The lowest BCUT2D eigenvalue weighted by atomic mass is 10.2.